The third-order valence-corrected chi connectivity index (χ3v) is 4.52. The van der Waals surface area contributed by atoms with Gasteiger partial charge in [0.15, 0.2) is 0 Å². The number of benzene rings is 1. The van der Waals surface area contributed by atoms with Crippen molar-refractivity contribution in [3.05, 3.63) is 29.8 Å². The van der Waals surface area contributed by atoms with Gasteiger partial charge < -0.3 is 19.9 Å². The molecule has 0 saturated carbocycles. The summed E-state index contributed by atoms with van der Waals surface area (Å²) in [5, 5.41) is 12.3. The monoisotopic (exact) mass is 415 g/mol. The molecule has 2 rings (SSSR count). The Balaban J connectivity index is 2.34. The van der Waals surface area contributed by atoms with Gasteiger partial charge in [0.1, 0.15) is 5.54 Å². The number of alkyl halides is 6. The Labute approximate surface area is 156 Å². The molecule has 2 N–H and O–H groups in total. The molecule has 5 nitrogen and oxygen atoms in total. The first kappa shape index (κ1) is 22.3. The highest BCUT2D eigenvalue weighted by molar-refractivity contribution is 5.84. The molecular formula is C17H19F6NO4. The lowest BCUT2D eigenvalue weighted by Crippen LogP contribution is -2.54. The van der Waals surface area contributed by atoms with Crippen LogP contribution in [0.15, 0.2) is 24.3 Å². The third-order valence-electron chi connectivity index (χ3n) is 4.52. The van der Waals surface area contributed by atoms with Crippen LogP contribution in [0.5, 0.6) is 0 Å². The summed E-state index contributed by atoms with van der Waals surface area (Å²) in [6.45, 7) is 2.17. The number of hydrogen-bond donors (Lipinski definition) is 2. The molecule has 0 radical (unpaired) electrons. The molecule has 1 aliphatic heterocycles. The van der Waals surface area contributed by atoms with Gasteiger partial charge >= 0.3 is 18.3 Å². The SMILES string of the molecule is CCOC(=O)C1(Nc2ccc(C(O)(C(F)(F)F)C(F)(F)F)cc2)CCOCC1. The highest BCUT2D eigenvalue weighted by atomic mass is 19.4. The normalized spacial score (nSPS) is 17.9. The second-order valence-corrected chi connectivity index (χ2v) is 6.32. The van der Waals surface area contributed by atoms with Gasteiger partial charge in [-0.15, -0.1) is 0 Å². The van der Waals surface area contributed by atoms with Crippen molar-refractivity contribution in [1.29, 1.82) is 0 Å². The molecule has 1 saturated heterocycles. The Bertz CT molecular complexity index is 666. The lowest BCUT2D eigenvalue weighted by atomic mass is 9.89. The zero-order valence-corrected chi connectivity index (χ0v) is 14.8. The zero-order valence-electron chi connectivity index (χ0n) is 14.8. The first-order chi connectivity index (χ1) is 12.9. The number of esters is 1. The Morgan fingerprint density at radius 2 is 1.61 bits per heavy atom. The fraction of sp³-hybridized carbons (Fsp3) is 0.588. The quantitative estimate of drug-likeness (QED) is 0.569. The lowest BCUT2D eigenvalue weighted by molar-refractivity contribution is -0.376. The van der Waals surface area contributed by atoms with Gasteiger partial charge in [-0.05, 0) is 19.1 Å². The third kappa shape index (κ3) is 4.04. The molecule has 0 aromatic heterocycles. The summed E-state index contributed by atoms with van der Waals surface area (Å²) in [7, 11) is 0. The van der Waals surface area contributed by atoms with Crippen molar-refractivity contribution in [2.24, 2.45) is 0 Å². The van der Waals surface area contributed by atoms with E-state index in [0.717, 1.165) is 12.1 Å². The van der Waals surface area contributed by atoms with Crippen LogP contribution in [-0.4, -0.2) is 48.8 Å². The number of aliphatic hydroxyl groups is 1. The van der Waals surface area contributed by atoms with Crippen LogP contribution in [0.4, 0.5) is 32.0 Å². The first-order valence-corrected chi connectivity index (χ1v) is 8.37. The predicted octanol–water partition coefficient (Wildman–Crippen LogP) is 3.52. The van der Waals surface area contributed by atoms with E-state index in [1.54, 1.807) is 6.92 Å². The van der Waals surface area contributed by atoms with Gasteiger partial charge in [0, 0.05) is 37.3 Å². The maximum atomic E-state index is 13.0. The van der Waals surface area contributed by atoms with Crippen LogP contribution in [0.25, 0.3) is 0 Å². The molecular weight excluding hydrogens is 396 g/mol. The minimum atomic E-state index is -5.97. The number of carbonyl (C=O) groups is 1. The Hall–Kier alpha value is -2.01. The molecule has 158 valence electrons. The number of anilines is 1. The summed E-state index contributed by atoms with van der Waals surface area (Å²) in [4.78, 5) is 12.3. The van der Waals surface area contributed by atoms with Crippen LogP contribution in [0.2, 0.25) is 0 Å². The van der Waals surface area contributed by atoms with Crippen molar-refractivity contribution < 1.29 is 45.7 Å². The summed E-state index contributed by atoms with van der Waals surface area (Å²) in [6.07, 6.45) is -11.5. The van der Waals surface area contributed by atoms with E-state index in [1.165, 1.54) is 0 Å². The van der Waals surface area contributed by atoms with Crippen molar-refractivity contribution >= 4 is 11.7 Å². The minimum Gasteiger partial charge on any atom is -0.464 e. The summed E-state index contributed by atoms with van der Waals surface area (Å²) < 4.78 is 87.9. The maximum absolute atomic E-state index is 13.0. The second kappa shape index (κ2) is 7.78. The zero-order chi connectivity index (χ0) is 21.2. The van der Waals surface area contributed by atoms with E-state index in [-0.39, 0.29) is 38.3 Å². The standard InChI is InChI=1S/C17H19F6NO4/c1-2-28-13(25)14(7-9-27-10-8-14)24-12-5-3-11(4-6-12)15(26,16(18,19)20)17(21,22)23/h3-6,24,26H,2,7-10H2,1H3. The molecule has 0 spiro atoms. The number of hydrogen-bond acceptors (Lipinski definition) is 5. The molecule has 1 aliphatic rings. The van der Waals surface area contributed by atoms with E-state index in [9.17, 15) is 36.2 Å². The summed E-state index contributed by atoms with van der Waals surface area (Å²) in [5.41, 5.74) is -7.49. The first-order valence-electron chi connectivity index (χ1n) is 8.37. The van der Waals surface area contributed by atoms with Crippen LogP contribution >= 0.6 is 0 Å². The Kier molecular flexibility index (Phi) is 6.19. The van der Waals surface area contributed by atoms with Gasteiger partial charge in [-0.2, -0.15) is 26.3 Å². The predicted molar refractivity (Wildman–Crippen MR) is 85.5 cm³/mol. The van der Waals surface area contributed by atoms with Crippen molar-refractivity contribution in [3.63, 3.8) is 0 Å². The van der Waals surface area contributed by atoms with Gasteiger partial charge in [0.25, 0.3) is 5.60 Å². The minimum absolute atomic E-state index is 0.102. The largest absolute Gasteiger partial charge is 0.464 e. The van der Waals surface area contributed by atoms with E-state index < -0.39 is 35.0 Å². The van der Waals surface area contributed by atoms with Gasteiger partial charge in [0.2, 0.25) is 0 Å². The fourth-order valence-electron chi connectivity index (χ4n) is 2.93. The molecule has 11 heteroatoms. The topological polar surface area (TPSA) is 67.8 Å². The average Bonchev–Trinajstić information content (AvgIpc) is 2.61. The van der Waals surface area contributed by atoms with Crippen LogP contribution in [0.1, 0.15) is 25.3 Å². The molecule has 28 heavy (non-hydrogen) atoms. The molecule has 0 unspecified atom stereocenters. The molecule has 1 aromatic rings. The smallest absolute Gasteiger partial charge is 0.430 e. The fourth-order valence-corrected chi connectivity index (χ4v) is 2.93. The van der Waals surface area contributed by atoms with Crippen molar-refractivity contribution in [2.75, 3.05) is 25.1 Å². The number of rotatable bonds is 5. The average molecular weight is 415 g/mol. The van der Waals surface area contributed by atoms with Gasteiger partial charge in [-0.3, -0.25) is 0 Å². The van der Waals surface area contributed by atoms with E-state index in [0.29, 0.717) is 12.1 Å². The summed E-state index contributed by atoms with van der Waals surface area (Å²) in [6, 6.07) is 2.91. The molecule has 0 atom stereocenters. The highest BCUT2D eigenvalue weighted by Crippen LogP contribution is 2.50. The Morgan fingerprint density at radius 1 is 1.11 bits per heavy atom. The van der Waals surface area contributed by atoms with E-state index >= 15 is 0 Å². The van der Waals surface area contributed by atoms with E-state index in [2.05, 4.69) is 5.32 Å². The van der Waals surface area contributed by atoms with Crippen molar-refractivity contribution in [2.45, 2.75) is 43.3 Å². The number of ether oxygens (including phenoxy) is 2. The highest BCUT2D eigenvalue weighted by Gasteiger charge is 2.71. The van der Waals surface area contributed by atoms with Gasteiger partial charge in [0.05, 0.1) is 6.61 Å². The summed E-state index contributed by atoms with van der Waals surface area (Å²) in [5.74, 6) is -0.593. The van der Waals surface area contributed by atoms with Crippen molar-refractivity contribution in [3.8, 4) is 0 Å². The van der Waals surface area contributed by atoms with Crippen LogP contribution in [0, 0.1) is 0 Å². The summed E-state index contributed by atoms with van der Waals surface area (Å²) >= 11 is 0. The van der Waals surface area contributed by atoms with Gasteiger partial charge in [-0.25, -0.2) is 4.79 Å². The molecule has 1 aromatic carbocycles. The van der Waals surface area contributed by atoms with Crippen LogP contribution < -0.4 is 5.32 Å². The molecule has 0 aliphatic carbocycles. The number of nitrogens with one attached hydrogen (secondary N) is 1. The van der Waals surface area contributed by atoms with Crippen LogP contribution in [0.3, 0.4) is 0 Å². The van der Waals surface area contributed by atoms with E-state index in [4.69, 9.17) is 9.47 Å². The van der Waals surface area contributed by atoms with Gasteiger partial charge in [-0.1, -0.05) is 12.1 Å². The lowest BCUT2D eigenvalue weighted by Gasteiger charge is -2.36. The number of carbonyl (C=O) groups excluding carboxylic acids is 1. The number of halogens is 6. The molecule has 0 bridgehead atoms. The molecule has 1 heterocycles. The molecule has 0 amide bonds. The Morgan fingerprint density at radius 3 is 2.04 bits per heavy atom. The maximum Gasteiger partial charge on any atom is 0.430 e. The second-order valence-electron chi connectivity index (χ2n) is 6.32. The van der Waals surface area contributed by atoms with Crippen molar-refractivity contribution in [1.82, 2.24) is 0 Å². The molecule has 1 fully saturated rings. The van der Waals surface area contributed by atoms with Crippen LogP contribution in [-0.2, 0) is 19.9 Å². The van der Waals surface area contributed by atoms with E-state index in [1.807, 2.05) is 0 Å².